The number of halogens is 1. The number of hydrogen-bond acceptors (Lipinski definition) is 4. The van der Waals surface area contributed by atoms with Gasteiger partial charge in [0.05, 0.1) is 6.20 Å². The fraction of sp³-hybridized carbons (Fsp3) is 0.476. The second-order valence-electron chi connectivity index (χ2n) is 6.42. The van der Waals surface area contributed by atoms with Gasteiger partial charge in [-0.05, 0) is 27.7 Å². The summed E-state index contributed by atoms with van der Waals surface area (Å²) >= 11 is 0. The molecule has 1 aromatic heterocycles. The maximum Gasteiger partial charge on any atom is 0.224 e. The van der Waals surface area contributed by atoms with Gasteiger partial charge in [-0.1, -0.05) is 29.8 Å². The van der Waals surface area contributed by atoms with Crippen LogP contribution in [0.15, 0.2) is 39.9 Å². The molecule has 29 heavy (non-hydrogen) atoms. The number of aryl methyl sites for hydroxylation is 1. The molecule has 1 aromatic carbocycles. The van der Waals surface area contributed by atoms with Crippen molar-refractivity contribution in [3.8, 4) is 11.3 Å². The zero-order valence-electron chi connectivity index (χ0n) is 17.7. The van der Waals surface area contributed by atoms with Crippen molar-refractivity contribution in [2.75, 3.05) is 26.2 Å². The summed E-state index contributed by atoms with van der Waals surface area (Å²) in [5.41, 5.74) is 2.20. The third kappa shape index (κ3) is 8.04. The van der Waals surface area contributed by atoms with E-state index in [-0.39, 0.29) is 29.9 Å². The lowest BCUT2D eigenvalue weighted by Gasteiger charge is -2.19. The maximum absolute atomic E-state index is 12.1. The average molecular weight is 513 g/mol. The van der Waals surface area contributed by atoms with E-state index in [1.807, 2.05) is 49.9 Å². The summed E-state index contributed by atoms with van der Waals surface area (Å²) in [6.45, 7) is 11.1. The number of aromatic nitrogens is 1. The lowest BCUT2D eigenvalue weighted by Crippen LogP contribution is -2.40. The molecule has 2 N–H and O–H groups in total. The van der Waals surface area contributed by atoms with E-state index in [1.54, 1.807) is 6.20 Å². The summed E-state index contributed by atoms with van der Waals surface area (Å²) in [4.78, 5) is 22.7. The largest absolute Gasteiger partial charge is 0.439 e. The van der Waals surface area contributed by atoms with Crippen LogP contribution in [0.2, 0.25) is 0 Å². The minimum Gasteiger partial charge on any atom is -0.439 e. The van der Waals surface area contributed by atoms with Gasteiger partial charge in [0.25, 0.3) is 0 Å². The molecule has 0 aliphatic carbocycles. The van der Waals surface area contributed by atoms with Crippen LogP contribution in [0.1, 0.15) is 38.6 Å². The molecule has 0 radical (unpaired) electrons. The molecule has 1 amide bonds. The predicted molar refractivity (Wildman–Crippen MR) is 127 cm³/mol. The van der Waals surface area contributed by atoms with Crippen LogP contribution >= 0.6 is 24.0 Å². The first-order valence-corrected chi connectivity index (χ1v) is 9.89. The number of amides is 1. The van der Waals surface area contributed by atoms with Gasteiger partial charge in [0.15, 0.2) is 11.7 Å². The van der Waals surface area contributed by atoms with Crippen LogP contribution in [-0.2, 0) is 11.3 Å². The molecule has 160 valence electrons. The van der Waals surface area contributed by atoms with E-state index >= 15 is 0 Å². The van der Waals surface area contributed by atoms with Gasteiger partial charge in [0.2, 0.25) is 11.8 Å². The van der Waals surface area contributed by atoms with E-state index < -0.39 is 0 Å². The van der Waals surface area contributed by atoms with Crippen molar-refractivity contribution in [1.29, 1.82) is 0 Å². The highest BCUT2D eigenvalue weighted by atomic mass is 127. The fourth-order valence-electron chi connectivity index (χ4n) is 2.75. The molecule has 0 aliphatic rings. The van der Waals surface area contributed by atoms with Gasteiger partial charge in [0.1, 0.15) is 6.54 Å². The van der Waals surface area contributed by atoms with E-state index in [0.29, 0.717) is 31.4 Å². The van der Waals surface area contributed by atoms with E-state index in [1.165, 1.54) is 5.56 Å². The predicted octanol–water partition coefficient (Wildman–Crippen LogP) is 3.58. The Labute approximate surface area is 190 Å². The fourth-order valence-corrected chi connectivity index (χ4v) is 2.75. The number of rotatable bonds is 9. The van der Waals surface area contributed by atoms with Crippen molar-refractivity contribution in [1.82, 2.24) is 20.5 Å². The Morgan fingerprint density at radius 2 is 1.83 bits per heavy atom. The molecule has 0 atom stereocenters. The molecule has 0 saturated carbocycles. The van der Waals surface area contributed by atoms with Crippen LogP contribution in [0.25, 0.3) is 11.3 Å². The molecule has 8 heteroatoms. The van der Waals surface area contributed by atoms with Crippen LogP contribution in [0.3, 0.4) is 0 Å². The molecule has 2 aromatic rings. The first kappa shape index (κ1) is 24.9. The Morgan fingerprint density at radius 1 is 1.14 bits per heavy atom. The SMILES string of the molecule is CCNC(=NCc1ncc(-c2ccc(C)cc2)o1)NCCC(=O)N(CC)CC.I. The summed E-state index contributed by atoms with van der Waals surface area (Å²) in [5.74, 6) is 2.06. The van der Waals surface area contributed by atoms with E-state index in [0.717, 1.165) is 31.0 Å². The Hall–Kier alpha value is -2.10. The third-order valence-corrected chi connectivity index (χ3v) is 4.35. The number of benzene rings is 1. The van der Waals surface area contributed by atoms with Crippen molar-refractivity contribution in [3.05, 3.63) is 41.9 Å². The molecule has 0 fully saturated rings. The van der Waals surface area contributed by atoms with E-state index in [9.17, 15) is 4.79 Å². The molecule has 0 saturated heterocycles. The van der Waals surface area contributed by atoms with Gasteiger partial charge in [-0.25, -0.2) is 9.98 Å². The topological polar surface area (TPSA) is 82.8 Å². The van der Waals surface area contributed by atoms with Crippen LogP contribution in [0.4, 0.5) is 0 Å². The highest BCUT2D eigenvalue weighted by molar-refractivity contribution is 14.0. The van der Waals surface area contributed by atoms with Gasteiger partial charge in [-0.2, -0.15) is 0 Å². The van der Waals surface area contributed by atoms with E-state index in [4.69, 9.17) is 4.42 Å². The maximum atomic E-state index is 12.1. The minimum atomic E-state index is 0. The number of guanidine groups is 1. The quantitative estimate of drug-likeness (QED) is 0.304. The Kier molecular flexibility index (Phi) is 11.3. The minimum absolute atomic E-state index is 0. The van der Waals surface area contributed by atoms with Gasteiger partial charge < -0.3 is 20.0 Å². The molecule has 0 unspecified atom stereocenters. The molecule has 0 aliphatic heterocycles. The zero-order valence-corrected chi connectivity index (χ0v) is 20.0. The standard InChI is InChI=1S/C21H31N5O2.HI/c1-5-22-21(23-13-12-20(27)26(6-2)7-3)25-15-19-24-14-18(28-19)17-10-8-16(4)9-11-17;/h8-11,14H,5-7,12-13,15H2,1-4H3,(H2,22,23,25);1H. The Balaban J connectivity index is 0.00000420. The van der Waals surface area contributed by atoms with E-state index in [2.05, 4.69) is 27.5 Å². The first-order valence-electron chi connectivity index (χ1n) is 9.89. The number of nitrogens with one attached hydrogen (secondary N) is 2. The molecule has 0 bridgehead atoms. The summed E-state index contributed by atoms with van der Waals surface area (Å²) in [5, 5.41) is 6.36. The number of aliphatic imine (C=N–C) groups is 1. The van der Waals surface area contributed by atoms with Crippen molar-refractivity contribution in [2.24, 2.45) is 4.99 Å². The van der Waals surface area contributed by atoms with Crippen molar-refractivity contribution >= 4 is 35.8 Å². The monoisotopic (exact) mass is 513 g/mol. The third-order valence-electron chi connectivity index (χ3n) is 4.35. The molecule has 2 rings (SSSR count). The number of hydrogen-bond donors (Lipinski definition) is 2. The molecular weight excluding hydrogens is 481 g/mol. The first-order chi connectivity index (χ1) is 13.6. The molecule has 1 heterocycles. The van der Waals surface area contributed by atoms with Crippen molar-refractivity contribution in [2.45, 2.75) is 40.7 Å². The van der Waals surface area contributed by atoms with Crippen LogP contribution in [0.5, 0.6) is 0 Å². The smallest absolute Gasteiger partial charge is 0.224 e. The van der Waals surface area contributed by atoms with Gasteiger partial charge in [-0.3, -0.25) is 4.79 Å². The summed E-state index contributed by atoms with van der Waals surface area (Å²) in [6.07, 6.45) is 2.15. The van der Waals surface area contributed by atoms with Gasteiger partial charge >= 0.3 is 0 Å². The van der Waals surface area contributed by atoms with Gasteiger partial charge in [-0.15, -0.1) is 24.0 Å². The normalized spacial score (nSPS) is 11.0. The number of carbonyl (C=O) groups is 1. The number of carbonyl (C=O) groups excluding carboxylic acids is 1. The van der Waals surface area contributed by atoms with Crippen molar-refractivity contribution in [3.63, 3.8) is 0 Å². The number of oxazole rings is 1. The highest BCUT2D eigenvalue weighted by Crippen LogP contribution is 2.20. The second-order valence-corrected chi connectivity index (χ2v) is 6.42. The molecule has 0 spiro atoms. The van der Waals surface area contributed by atoms with Crippen molar-refractivity contribution < 1.29 is 9.21 Å². The molecule has 7 nitrogen and oxygen atoms in total. The lowest BCUT2D eigenvalue weighted by atomic mass is 10.1. The zero-order chi connectivity index (χ0) is 20.4. The van der Waals surface area contributed by atoms with Crippen LogP contribution in [0, 0.1) is 6.92 Å². The Morgan fingerprint density at radius 3 is 2.45 bits per heavy atom. The Bertz CT molecular complexity index is 770. The summed E-state index contributed by atoms with van der Waals surface area (Å²) < 4.78 is 5.81. The average Bonchev–Trinajstić information content (AvgIpc) is 3.16. The lowest BCUT2D eigenvalue weighted by molar-refractivity contribution is -0.130. The molecular formula is C21H32IN5O2. The van der Waals surface area contributed by atoms with Crippen LogP contribution in [-0.4, -0.2) is 47.9 Å². The van der Waals surface area contributed by atoms with Crippen LogP contribution < -0.4 is 10.6 Å². The number of nitrogens with zero attached hydrogens (tertiary/aromatic N) is 3. The summed E-state index contributed by atoms with van der Waals surface area (Å²) in [7, 11) is 0. The van der Waals surface area contributed by atoms with Gasteiger partial charge in [0, 0.05) is 38.2 Å². The summed E-state index contributed by atoms with van der Waals surface area (Å²) in [6, 6.07) is 8.12. The second kappa shape index (κ2) is 13.2. The highest BCUT2D eigenvalue weighted by Gasteiger charge is 2.10.